The van der Waals surface area contributed by atoms with Crippen molar-refractivity contribution >= 4 is 23.5 Å². The van der Waals surface area contributed by atoms with Crippen molar-refractivity contribution in [1.82, 2.24) is 10.6 Å². The van der Waals surface area contributed by atoms with Gasteiger partial charge in [0.1, 0.15) is 0 Å². The van der Waals surface area contributed by atoms with Gasteiger partial charge in [-0.1, -0.05) is 0 Å². The lowest BCUT2D eigenvalue weighted by molar-refractivity contribution is -0.116. The Labute approximate surface area is 123 Å². The number of nitrogens with two attached hydrogens (primary N) is 1. The summed E-state index contributed by atoms with van der Waals surface area (Å²) in [5.74, 6) is -0.281. The Balaban J connectivity index is 2.31. The lowest BCUT2D eigenvalue weighted by Gasteiger charge is -2.06. The van der Waals surface area contributed by atoms with E-state index in [0.717, 1.165) is 0 Å². The molecule has 0 atom stereocenters. The number of carbonyl (C=O) groups excluding carboxylic acids is 3. The fourth-order valence-corrected chi connectivity index (χ4v) is 1.69. The highest BCUT2D eigenvalue weighted by Crippen LogP contribution is 2.10. The molecule has 0 heterocycles. The average Bonchev–Trinajstić information content (AvgIpc) is 2.46. The molecule has 0 bridgehead atoms. The second-order valence-electron chi connectivity index (χ2n) is 4.45. The van der Waals surface area contributed by atoms with Gasteiger partial charge < -0.3 is 21.7 Å². The van der Waals surface area contributed by atoms with Crippen LogP contribution in [-0.4, -0.2) is 31.4 Å². The molecule has 0 aliphatic rings. The van der Waals surface area contributed by atoms with Crippen molar-refractivity contribution in [3.63, 3.8) is 0 Å². The van der Waals surface area contributed by atoms with Crippen LogP contribution in [0.5, 0.6) is 0 Å². The Morgan fingerprint density at radius 3 is 2.33 bits per heavy atom. The summed E-state index contributed by atoms with van der Waals surface area (Å²) in [6.07, 6.45) is 1.70. The molecule has 114 valence electrons. The first-order chi connectivity index (χ1) is 10.0. The van der Waals surface area contributed by atoms with Crippen LogP contribution in [0.15, 0.2) is 24.3 Å². The molecule has 1 aromatic rings. The molecule has 0 aromatic heterocycles. The van der Waals surface area contributed by atoms with Crippen LogP contribution in [0.25, 0.3) is 0 Å². The Bertz CT molecular complexity index is 499. The third-order valence-corrected chi connectivity index (χ3v) is 2.79. The number of urea groups is 1. The number of hydrogen-bond donors (Lipinski definition) is 4. The SMILES string of the molecule is CNC(=O)c1ccc(NC(=O)CCCCNC(N)=O)cc1. The third-order valence-electron chi connectivity index (χ3n) is 2.79. The molecule has 1 aromatic carbocycles. The van der Waals surface area contributed by atoms with E-state index in [2.05, 4.69) is 16.0 Å². The van der Waals surface area contributed by atoms with E-state index < -0.39 is 6.03 Å². The van der Waals surface area contributed by atoms with Crippen LogP contribution in [0, 0.1) is 0 Å². The Hall–Kier alpha value is -2.57. The standard InChI is InChI=1S/C14H20N4O3/c1-16-13(20)10-5-7-11(8-6-10)18-12(19)4-2-3-9-17-14(15)21/h5-8H,2-4,9H2,1H3,(H,16,20)(H,18,19)(H3,15,17,21). The predicted molar refractivity (Wildman–Crippen MR) is 79.9 cm³/mol. The topological polar surface area (TPSA) is 113 Å². The number of unbranched alkanes of at least 4 members (excludes halogenated alkanes) is 1. The van der Waals surface area contributed by atoms with E-state index in [0.29, 0.717) is 37.1 Å². The molecule has 5 N–H and O–H groups in total. The minimum atomic E-state index is -0.560. The third kappa shape index (κ3) is 6.42. The predicted octanol–water partition coefficient (Wildman–Crippen LogP) is 0.823. The molecule has 7 heteroatoms. The molecule has 0 radical (unpaired) electrons. The summed E-state index contributed by atoms with van der Waals surface area (Å²) in [6, 6.07) is 6.08. The number of amides is 4. The molecule has 0 unspecified atom stereocenters. The zero-order chi connectivity index (χ0) is 15.7. The molecule has 0 saturated heterocycles. The van der Waals surface area contributed by atoms with Crippen molar-refractivity contribution in [3.05, 3.63) is 29.8 Å². The normalized spacial score (nSPS) is 9.76. The molecular weight excluding hydrogens is 272 g/mol. The minimum Gasteiger partial charge on any atom is -0.355 e. The van der Waals surface area contributed by atoms with Crippen molar-refractivity contribution < 1.29 is 14.4 Å². The molecule has 4 amide bonds. The molecule has 0 spiro atoms. The lowest BCUT2D eigenvalue weighted by atomic mass is 10.2. The molecule has 21 heavy (non-hydrogen) atoms. The maximum atomic E-state index is 11.7. The van der Waals surface area contributed by atoms with E-state index in [1.165, 1.54) is 0 Å². The van der Waals surface area contributed by atoms with Crippen LogP contribution in [0.4, 0.5) is 10.5 Å². The number of hydrogen-bond acceptors (Lipinski definition) is 3. The number of primary amides is 1. The Morgan fingerprint density at radius 1 is 1.10 bits per heavy atom. The van der Waals surface area contributed by atoms with Gasteiger partial charge in [0.05, 0.1) is 0 Å². The maximum absolute atomic E-state index is 11.7. The number of carbonyl (C=O) groups is 3. The zero-order valence-corrected chi connectivity index (χ0v) is 11.9. The second kappa shape index (κ2) is 8.57. The van der Waals surface area contributed by atoms with E-state index in [4.69, 9.17) is 5.73 Å². The summed E-state index contributed by atoms with van der Waals surface area (Å²) in [5, 5.41) is 7.73. The second-order valence-corrected chi connectivity index (χ2v) is 4.45. The highest BCUT2D eigenvalue weighted by molar-refractivity contribution is 5.95. The van der Waals surface area contributed by atoms with Gasteiger partial charge in [-0.2, -0.15) is 0 Å². The molecule has 0 saturated carbocycles. The van der Waals surface area contributed by atoms with Crippen LogP contribution in [0.2, 0.25) is 0 Å². The first-order valence-corrected chi connectivity index (χ1v) is 6.68. The van der Waals surface area contributed by atoms with E-state index in [9.17, 15) is 14.4 Å². The van der Waals surface area contributed by atoms with Crippen LogP contribution in [0.3, 0.4) is 0 Å². The van der Waals surface area contributed by atoms with Crippen LogP contribution >= 0.6 is 0 Å². The van der Waals surface area contributed by atoms with Gasteiger partial charge in [0.2, 0.25) is 5.91 Å². The fraction of sp³-hybridized carbons (Fsp3) is 0.357. The summed E-state index contributed by atoms with van der Waals surface area (Å²) in [7, 11) is 1.56. The number of rotatable bonds is 7. The molecule has 7 nitrogen and oxygen atoms in total. The van der Waals surface area contributed by atoms with E-state index in [1.807, 2.05) is 0 Å². The minimum absolute atomic E-state index is 0.109. The lowest BCUT2D eigenvalue weighted by Crippen LogP contribution is -2.30. The Morgan fingerprint density at radius 2 is 1.76 bits per heavy atom. The maximum Gasteiger partial charge on any atom is 0.312 e. The average molecular weight is 292 g/mol. The van der Waals surface area contributed by atoms with Crippen molar-refractivity contribution in [1.29, 1.82) is 0 Å². The molecule has 0 aliphatic heterocycles. The number of nitrogens with one attached hydrogen (secondary N) is 3. The fourth-order valence-electron chi connectivity index (χ4n) is 1.69. The van der Waals surface area contributed by atoms with E-state index in [-0.39, 0.29) is 11.8 Å². The first-order valence-electron chi connectivity index (χ1n) is 6.68. The molecule has 0 aliphatic carbocycles. The monoisotopic (exact) mass is 292 g/mol. The first kappa shape index (κ1) is 16.5. The Kier molecular flexibility index (Phi) is 6.73. The molecular formula is C14H20N4O3. The van der Waals surface area contributed by atoms with Gasteiger partial charge in [-0.3, -0.25) is 9.59 Å². The highest BCUT2D eigenvalue weighted by atomic mass is 16.2. The van der Waals surface area contributed by atoms with Gasteiger partial charge in [0, 0.05) is 31.3 Å². The molecule has 1 rings (SSSR count). The van der Waals surface area contributed by atoms with Gasteiger partial charge in [0.25, 0.3) is 5.91 Å². The summed E-state index contributed by atoms with van der Waals surface area (Å²) < 4.78 is 0. The summed E-state index contributed by atoms with van der Waals surface area (Å²) >= 11 is 0. The highest BCUT2D eigenvalue weighted by Gasteiger charge is 2.05. The van der Waals surface area contributed by atoms with Gasteiger partial charge in [0.15, 0.2) is 0 Å². The van der Waals surface area contributed by atoms with E-state index in [1.54, 1.807) is 31.3 Å². The largest absolute Gasteiger partial charge is 0.355 e. The zero-order valence-electron chi connectivity index (χ0n) is 11.9. The van der Waals surface area contributed by atoms with Gasteiger partial charge in [-0.15, -0.1) is 0 Å². The quantitative estimate of drug-likeness (QED) is 0.558. The summed E-state index contributed by atoms with van der Waals surface area (Å²) in [4.78, 5) is 33.5. The van der Waals surface area contributed by atoms with Gasteiger partial charge in [-0.25, -0.2) is 4.79 Å². The smallest absolute Gasteiger partial charge is 0.312 e. The molecule has 0 fully saturated rings. The van der Waals surface area contributed by atoms with Crippen LogP contribution in [-0.2, 0) is 4.79 Å². The summed E-state index contributed by atoms with van der Waals surface area (Å²) in [5.41, 5.74) is 6.10. The van der Waals surface area contributed by atoms with Crippen molar-refractivity contribution in [2.45, 2.75) is 19.3 Å². The van der Waals surface area contributed by atoms with Crippen molar-refractivity contribution in [3.8, 4) is 0 Å². The van der Waals surface area contributed by atoms with Crippen LogP contribution < -0.4 is 21.7 Å². The van der Waals surface area contributed by atoms with Crippen molar-refractivity contribution in [2.75, 3.05) is 18.9 Å². The van der Waals surface area contributed by atoms with E-state index >= 15 is 0 Å². The number of benzene rings is 1. The van der Waals surface area contributed by atoms with Crippen LogP contribution in [0.1, 0.15) is 29.6 Å². The van der Waals surface area contributed by atoms with Gasteiger partial charge in [-0.05, 0) is 37.1 Å². The van der Waals surface area contributed by atoms with Gasteiger partial charge >= 0.3 is 6.03 Å². The summed E-state index contributed by atoms with van der Waals surface area (Å²) in [6.45, 7) is 0.462. The van der Waals surface area contributed by atoms with Crippen molar-refractivity contribution in [2.24, 2.45) is 5.73 Å². The number of anilines is 1.